The van der Waals surface area contributed by atoms with Gasteiger partial charge < -0.3 is 10.6 Å². The molecule has 0 aliphatic rings. The molecular formula is C12H22N4O. The highest BCUT2D eigenvalue weighted by Gasteiger charge is 2.13. The smallest absolute Gasteiger partial charge is 0.221 e. The molecule has 0 aromatic carbocycles. The van der Waals surface area contributed by atoms with Crippen LogP contribution in [0.5, 0.6) is 0 Å². The molecule has 17 heavy (non-hydrogen) atoms. The maximum Gasteiger partial charge on any atom is 0.221 e. The fraction of sp³-hybridized carbons (Fsp3) is 0.667. The predicted octanol–water partition coefficient (Wildman–Crippen LogP) is 0.948. The number of amides is 1. The van der Waals surface area contributed by atoms with E-state index in [0.717, 1.165) is 0 Å². The quantitative estimate of drug-likeness (QED) is 0.743. The zero-order chi connectivity index (χ0) is 12.7. The van der Waals surface area contributed by atoms with Crippen LogP contribution in [0.1, 0.15) is 33.2 Å². The first-order valence-electron chi connectivity index (χ1n) is 6.14. The van der Waals surface area contributed by atoms with Crippen molar-refractivity contribution in [2.45, 2.75) is 39.3 Å². The minimum Gasteiger partial charge on any atom is -0.356 e. The van der Waals surface area contributed by atoms with Crippen LogP contribution in [0.4, 0.5) is 0 Å². The summed E-state index contributed by atoms with van der Waals surface area (Å²) in [5.74, 6) is 0.0962. The van der Waals surface area contributed by atoms with E-state index in [1.807, 2.05) is 23.9 Å². The van der Waals surface area contributed by atoms with E-state index in [1.165, 1.54) is 0 Å². The van der Waals surface area contributed by atoms with Gasteiger partial charge in [0.25, 0.3) is 0 Å². The van der Waals surface area contributed by atoms with Gasteiger partial charge >= 0.3 is 0 Å². The van der Waals surface area contributed by atoms with Gasteiger partial charge in [0.05, 0.1) is 6.04 Å². The third kappa shape index (κ3) is 4.56. The summed E-state index contributed by atoms with van der Waals surface area (Å²) in [6.07, 6.45) is 4.24. The minimum absolute atomic E-state index is 0.0962. The van der Waals surface area contributed by atoms with Gasteiger partial charge in [-0.25, -0.2) is 0 Å². The molecule has 0 radical (unpaired) electrons. The van der Waals surface area contributed by atoms with Crippen molar-refractivity contribution in [2.75, 3.05) is 13.1 Å². The van der Waals surface area contributed by atoms with E-state index in [4.69, 9.17) is 0 Å². The highest BCUT2D eigenvalue weighted by Crippen LogP contribution is 2.08. The summed E-state index contributed by atoms with van der Waals surface area (Å²) in [5, 5.41) is 10.3. The molecule has 2 atom stereocenters. The van der Waals surface area contributed by atoms with Crippen molar-refractivity contribution >= 4 is 5.91 Å². The molecule has 96 valence electrons. The third-order valence-electron chi connectivity index (χ3n) is 2.86. The van der Waals surface area contributed by atoms with Crippen LogP contribution in [-0.4, -0.2) is 34.8 Å². The first kappa shape index (κ1) is 13.7. The molecule has 0 aliphatic carbocycles. The number of nitrogens with zero attached hydrogens (tertiary/aromatic N) is 2. The molecule has 5 heteroatoms. The lowest BCUT2D eigenvalue weighted by molar-refractivity contribution is -0.120. The Morgan fingerprint density at radius 1 is 1.47 bits per heavy atom. The van der Waals surface area contributed by atoms with Gasteiger partial charge in [0.1, 0.15) is 0 Å². The second-order valence-corrected chi connectivity index (χ2v) is 4.17. The van der Waals surface area contributed by atoms with Crippen LogP contribution in [0.25, 0.3) is 0 Å². The summed E-state index contributed by atoms with van der Waals surface area (Å²) in [6.45, 7) is 7.52. The Hall–Kier alpha value is -1.36. The van der Waals surface area contributed by atoms with Crippen LogP contribution in [0.15, 0.2) is 18.5 Å². The summed E-state index contributed by atoms with van der Waals surface area (Å²) in [4.78, 5) is 11.3. The van der Waals surface area contributed by atoms with Crippen molar-refractivity contribution in [2.24, 2.45) is 0 Å². The lowest BCUT2D eigenvalue weighted by Crippen LogP contribution is -2.36. The molecule has 0 saturated heterocycles. The van der Waals surface area contributed by atoms with Gasteiger partial charge in [-0.3, -0.25) is 9.48 Å². The second kappa shape index (κ2) is 7.06. The second-order valence-electron chi connectivity index (χ2n) is 4.17. The molecule has 1 aromatic rings. The maximum atomic E-state index is 11.3. The Balaban J connectivity index is 2.25. The number of nitrogens with one attached hydrogen (secondary N) is 2. The summed E-state index contributed by atoms with van der Waals surface area (Å²) >= 11 is 0. The molecule has 1 amide bonds. The number of aromatic nitrogens is 2. The van der Waals surface area contributed by atoms with Gasteiger partial charge in [-0.15, -0.1) is 0 Å². The first-order valence-corrected chi connectivity index (χ1v) is 6.14. The van der Waals surface area contributed by atoms with Crippen LogP contribution in [0, 0.1) is 0 Å². The Kier molecular flexibility index (Phi) is 5.69. The van der Waals surface area contributed by atoms with E-state index in [1.54, 1.807) is 6.20 Å². The lowest BCUT2D eigenvalue weighted by atomic mass is 10.1. The summed E-state index contributed by atoms with van der Waals surface area (Å²) < 4.78 is 1.92. The average Bonchev–Trinajstić information content (AvgIpc) is 2.81. The fourth-order valence-corrected chi connectivity index (χ4v) is 1.62. The topological polar surface area (TPSA) is 59.0 Å². The van der Waals surface area contributed by atoms with E-state index in [2.05, 4.69) is 29.6 Å². The molecule has 0 saturated carbocycles. The predicted molar refractivity (Wildman–Crippen MR) is 67.7 cm³/mol. The molecule has 1 aromatic heterocycles. The standard InChI is InChI=1S/C12H22N4O/c1-4-13-12(17)6-8-14-10(2)11(3)16-9-5-7-15-16/h5,7,9-11,14H,4,6,8H2,1-3H3,(H,13,17)/t10-,11+/m1/s1. The zero-order valence-electron chi connectivity index (χ0n) is 10.8. The zero-order valence-corrected chi connectivity index (χ0v) is 10.8. The Morgan fingerprint density at radius 2 is 2.24 bits per heavy atom. The molecule has 1 heterocycles. The van der Waals surface area contributed by atoms with E-state index in [9.17, 15) is 4.79 Å². The number of carbonyl (C=O) groups excluding carboxylic acids is 1. The van der Waals surface area contributed by atoms with Crippen molar-refractivity contribution in [3.63, 3.8) is 0 Å². The van der Waals surface area contributed by atoms with Crippen LogP contribution >= 0.6 is 0 Å². The van der Waals surface area contributed by atoms with Gasteiger partial charge in [0, 0.05) is 37.9 Å². The molecule has 0 fully saturated rings. The molecule has 2 N–H and O–H groups in total. The lowest BCUT2D eigenvalue weighted by Gasteiger charge is -2.21. The number of hydrogen-bond donors (Lipinski definition) is 2. The normalized spacial score (nSPS) is 14.3. The molecule has 0 unspecified atom stereocenters. The van der Waals surface area contributed by atoms with Gasteiger partial charge in [0.2, 0.25) is 5.91 Å². The Morgan fingerprint density at radius 3 is 2.82 bits per heavy atom. The average molecular weight is 238 g/mol. The summed E-state index contributed by atoms with van der Waals surface area (Å²) in [6, 6.07) is 2.47. The van der Waals surface area contributed by atoms with E-state index < -0.39 is 0 Å². The van der Waals surface area contributed by atoms with Crippen molar-refractivity contribution < 1.29 is 4.79 Å². The maximum absolute atomic E-state index is 11.3. The molecule has 0 bridgehead atoms. The fourth-order valence-electron chi connectivity index (χ4n) is 1.62. The number of hydrogen-bond acceptors (Lipinski definition) is 3. The number of rotatable bonds is 7. The molecule has 5 nitrogen and oxygen atoms in total. The number of carbonyl (C=O) groups is 1. The monoisotopic (exact) mass is 238 g/mol. The molecule has 0 aliphatic heterocycles. The van der Waals surface area contributed by atoms with Gasteiger partial charge in [-0.05, 0) is 26.8 Å². The molecule has 1 rings (SSSR count). The van der Waals surface area contributed by atoms with Crippen molar-refractivity contribution in [3.05, 3.63) is 18.5 Å². The van der Waals surface area contributed by atoms with Gasteiger partial charge in [0.15, 0.2) is 0 Å². The van der Waals surface area contributed by atoms with Crippen LogP contribution in [0.2, 0.25) is 0 Å². The Bertz CT molecular complexity index is 323. The minimum atomic E-state index is 0.0962. The third-order valence-corrected chi connectivity index (χ3v) is 2.86. The van der Waals surface area contributed by atoms with Crippen LogP contribution in [0.3, 0.4) is 0 Å². The first-order chi connectivity index (χ1) is 8.15. The van der Waals surface area contributed by atoms with Crippen molar-refractivity contribution in [1.29, 1.82) is 0 Å². The molecular weight excluding hydrogens is 216 g/mol. The van der Waals surface area contributed by atoms with Crippen molar-refractivity contribution in [1.82, 2.24) is 20.4 Å². The van der Waals surface area contributed by atoms with E-state index >= 15 is 0 Å². The van der Waals surface area contributed by atoms with E-state index in [0.29, 0.717) is 19.5 Å². The van der Waals surface area contributed by atoms with Crippen LogP contribution in [-0.2, 0) is 4.79 Å². The SMILES string of the molecule is CCNC(=O)CCN[C@H](C)[C@H](C)n1cccn1. The van der Waals surface area contributed by atoms with Crippen LogP contribution < -0.4 is 10.6 Å². The largest absolute Gasteiger partial charge is 0.356 e. The van der Waals surface area contributed by atoms with E-state index in [-0.39, 0.29) is 18.0 Å². The van der Waals surface area contributed by atoms with Gasteiger partial charge in [-0.1, -0.05) is 0 Å². The summed E-state index contributed by atoms with van der Waals surface area (Å²) in [7, 11) is 0. The highest BCUT2D eigenvalue weighted by molar-refractivity contribution is 5.75. The summed E-state index contributed by atoms with van der Waals surface area (Å²) in [5.41, 5.74) is 0. The Labute approximate surface area is 103 Å². The van der Waals surface area contributed by atoms with Crippen molar-refractivity contribution in [3.8, 4) is 0 Å². The highest BCUT2D eigenvalue weighted by atomic mass is 16.1. The molecule has 0 spiro atoms. The van der Waals surface area contributed by atoms with Gasteiger partial charge in [-0.2, -0.15) is 5.10 Å².